The monoisotopic (exact) mass is 268 g/mol. The highest BCUT2D eigenvalue weighted by molar-refractivity contribution is 7.89. The molecule has 0 fully saturated rings. The van der Waals surface area contributed by atoms with Crippen LogP contribution in [0.5, 0.6) is 0 Å². The summed E-state index contributed by atoms with van der Waals surface area (Å²) in [6.07, 6.45) is 0. The number of nitrogens with zero attached hydrogens (tertiary/aromatic N) is 3. The van der Waals surface area contributed by atoms with Crippen molar-refractivity contribution in [3.05, 3.63) is 29.6 Å². The number of nitrogen functional groups attached to an aromatic ring is 1. The molecule has 1 aromatic carbocycles. The Hall–Kier alpha value is -2.00. The molecule has 2 rings (SSSR count). The predicted octanol–water partition coefficient (Wildman–Crippen LogP) is -0.431. The van der Waals surface area contributed by atoms with Crippen LogP contribution in [0, 0.1) is 6.92 Å². The first kappa shape index (κ1) is 12.5. The van der Waals surface area contributed by atoms with E-state index in [4.69, 9.17) is 5.73 Å². The summed E-state index contributed by atoms with van der Waals surface area (Å²) in [7, 11) is -3.63. The van der Waals surface area contributed by atoms with Crippen LogP contribution < -0.4 is 10.5 Å². The molecule has 0 saturated heterocycles. The molecule has 0 atom stereocenters. The van der Waals surface area contributed by atoms with Gasteiger partial charge in [0.25, 0.3) is 0 Å². The number of hydrogen-bond donors (Lipinski definition) is 3. The lowest BCUT2D eigenvalue weighted by Crippen LogP contribution is -2.24. The Bertz CT molecular complexity index is 617. The molecule has 1 aromatic heterocycles. The molecule has 0 spiro atoms. The molecule has 4 N–H and O–H groups in total. The average molecular weight is 268 g/mol. The van der Waals surface area contributed by atoms with E-state index in [9.17, 15) is 8.42 Å². The van der Waals surface area contributed by atoms with Gasteiger partial charge in [0.1, 0.15) is 0 Å². The molecule has 9 heteroatoms. The Morgan fingerprint density at radius 3 is 2.78 bits per heavy atom. The summed E-state index contributed by atoms with van der Waals surface area (Å²) in [5.74, 6) is 0.263. The molecule has 8 nitrogen and oxygen atoms in total. The maximum Gasteiger partial charge on any atom is 0.241 e. The lowest BCUT2D eigenvalue weighted by Gasteiger charge is -2.06. The fourth-order valence-electron chi connectivity index (χ4n) is 1.43. The summed E-state index contributed by atoms with van der Waals surface area (Å²) >= 11 is 0. The maximum atomic E-state index is 12.0. The molecule has 0 unspecified atom stereocenters. The van der Waals surface area contributed by atoms with Crippen molar-refractivity contribution >= 4 is 15.7 Å². The fraction of sp³-hybridized carbons (Fsp3) is 0.222. The lowest BCUT2D eigenvalue weighted by molar-refractivity contribution is 0.579. The number of nitrogens with two attached hydrogens (primary N) is 1. The van der Waals surface area contributed by atoms with Crippen molar-refractivity contribution in [3.63, 3.8) is 0 Å². The molecular formula is C9H12N6O2S. The average Bonchev–Trinajstić information content (AvgIpc) is 2.78. The van der Waals surface area contributed by atoms with E-state index in [0.717, 1.165) is 5.56 Å². The van der Waals surface area contributed by atoms with E-state index in [2.05, 4.69) is 25.3 Å². The highest BCUT2D eigenvalue weighted by Crippen LogP contribution is 2.16. The van der Waals surface area contributed by atoms with E-state index in [1.807, 2.05) is 0 Å². The number of benzene rings is 1. The molecule has 0 bridgehead atoms. The van der Waals surface area contributed by atoms with E-state index in [1.165, 1.54) is 12.1 Å². The van der Waals surface area contributed by atoms with Crippen molar-refractivity contribution < 1.29 is 8.42 Å². The Labute approximate surface area is 104 Å². The quantitative estimate of drug-likeness (QED) is 0.646. The Balaban J connectivity index is 2.20. The number of aromatic amines is 1. The summed E-state index contributed by atoms with van der Waals surface area (Å²) in [6, 6.07) is 4.62. The molecule has 0 aliphatic rings. The van der Waals surface area contributed by atoms with Crippen LogP contribution in [-0.4, -0.2) is 29.0 Å². The minimum Gasteiger partial charge on any atom is -0.399 e. The van der Waals surface area contributed by atoms with Crippen LogP contribution in [0.1, 0.15) is 11.4 Å². The number of hydrogen-bond acceptors (Lipinski definition) is 6. The van der Waals surface area contributed by atoms with Crippen LogP contribution in [0.4, 0.5) is 5.69 Å². The maximum absolute atomic E-state index is 12.0. The Kier molecular flexibility index (Phi) is 3.26. The third-order valence-corrected chi connectivity index (χ3v) is 3.57. The topological polar surface area (TPSA) is 127 Å². The van der Waals surface area contributed by atoms with Gasteiger partial charge in [-0.25, -0.2) is 13.1 Å². The first-order chi connectivity index (χ1) is 8.47. The van der Waals surface area contributed by atoms with Crippen LogP contribution >= 0.6 is 0 Å². The number of aryl methyl sites for hydroxylation is 1. The number of sulfonamides is 1. The van der Waals surface area contributed by atoms with Gasteiger partial charge in [-0.2, -0.15) is 5.21 Å². The van der Waals surface area contributed by atoms with Crippen LogP contribution in [0.25, 0.3) is 0 Å². The molecule has 2 aromatic rings. The fourth-order valence-corrected chi connectivity index (χ4v) is 2.55. The normalized spacial score (nSPS) is 11.6. The first-order valence-electron chi connectivity index (χ1n) is 5.06. The van der Waals surface area contributed by atoms with Gasteiger partial charge >= 0.3 is 0 Å². The van der Waals surface area contributed by atoms with Crippen LogP contribution in [-0.2, 0) is 16.6 Å². The second-order valence-corrected chi connectivity index (χ2v) is 5.50. The van der Waals surface area contributed by atoms with E-state index in [-0.39, 0.29) is 17.3 Å². The van der Waals surface area contributed by atoms with Crippen molar-refractivity contribution in [1.82, 2.24) is 25.3 Å². The van der Waals surface area contributed by atoms with E-state index in [1.54, 1.807) is 13.0 Å². The Morgan fingerprint density at radius 2 is 2.17 bits per heavy atom. The zero-order valence-electron chi connectivity index (χ0n) is 9.58. The zero-order valence-corrected chi connectivity index (χ0v) is 10.4. The lowest BCUT2D eigenvalue weighted by atomic mass is 10.2. The van der Waals surface area contributed by atoms with Crippen LogP contribution in [0.15, 0.2) is 23.1 Å². The van der Waals surface area contributed by atoms with Crippen molar-refractivity contribution in [3.8, 4) is 0 Å². The van der Waals surface area contributed by atoms with Crippen LogP contribution in [0.3, 0.4) is 0 Å². The van der Waals surface area contributed by atoms with Crippen LogP contribution in [0.2, 0.25) is 0 Å². The van der Waals surface area contributed by atoms with Gasteiger partial charge in [-0.3, -0.25) is 0 Å². The largest absolute Gasteiger partial charge is 0.399 e. The molecule has 0 radical (unpaired) electrons. The number of nitrogens with one attached hydrogen (secondary N) is 2. The summed E-state index contributed by atoms with van der Waals surface area (Å²) in [5, 5.41) is 12.9. The van der Waals surface area contributed by atoms with Gasteiger partial charge in [-0.15, -0.1) is 10.2 Å². The van der Waals surface area contributed by atoms with Crippen molar-refractivity contribution in [1.29, 1.82) is 0 Å². The van der Waals surface area contributed by atoms with E-state index >= 15 is 0 Å². The third kappa shape index (κ3) is 2.81. The summed E-state index contributed by atoms with van der Waals surface area (Å²) in [4.78, 5) is 0.114. The number of H-pyrrole nitrogens is 1. The first-order valence-corrected chi connectivity index (χ1v) is 6.55. The number of rotatable bonds is 4. The van der Waals surface area contributed by atoms with Crippen molar-refractivity contribution in [2.24, 2.45) is 0 Å². The summed E-state index contributed by atoms with van der Waals surface area (Å²) in [6.45, 7) is 1.74. The minimum absolute atomic E-state index is 0.0350. The number of tetrazole rings is 1. The molecule has 1 heterocycles. The highest BCUT2D eigenvalue weighted by atomic mass is 32.2. The molecule has 0 amide bonds. The van der Waals surface area contributed by atoms with Crippen molar-refractivity contribution in [2.75, 3.05) is 5.73 Å². The van der Waals surface area contributed by atoms with Gasteiger partial charge < -0.3 is 5.73 Å². The summed E-state index contributed by atoms with van der Waals surface area (Å²) < 4.78 is 26.3. The second kappa shape index (κ2) is 4.70. The van der Waals surface area contributed by atoms with Gasteiger partial charge in [-0.1, -0.05) is 5.21 Å². The SMILES string of the molecule is Cc1cc(N)cc(S(=O)(=O)NCc2nn[nH]n2)c1. The standard InChI is InChI=1S/C9H12N6O2S/c1-6-2-7(10)4-8(3-6)18(16,17)11-5-9-12-14-15-13-9/h2-4,11H,5,10H2,1H3,(H,12,13,14,15). The molecule has 0 saturated carbocycles. The number of aromatic nitrogens is 4. The molecular weight excluding hydrogens is 256 g/mol. The van der Waals surface area contributed by atoms with Gasteiger partial charge in [0.15, 0.2) is 5.82 Å². The van der Waals surface area contributed by atoms with E-state index < -0.39 is 10.0 Å². The van der Waals surface area contributed by atoms with Gasteiger partial charge in [0.2, 0.25) is 10.0 Å². The summed E-state index contributed by atoms with van der Waals surface area (Å²) in [5.41, 5.74) is 6.79. The highest BCUT2D eigenvalue weighted by Gasteiger charge is 2.15. The smallest absolute Gasteiger partial charge is 0.241 e. The van der Waals surface area contributed by atoms with E-state index in [0.29, 0.717) is 5.69 Å². The van der Waals surface area contributed by atoms with Gasteiger partial charge in [-0.05, 0) is 30.7 Å². The van der Waals surface area contributed by atoms with Crippen molar-refractivity contribution in [2.45, 2.75) is 18.4 Å². The predicted molar refractivity (Wildman–Crippen MR) is 63.8 cm³/mol. The van der Waals surface area contributed by atoms with Gasteiger partial charge in [0.05, 0.1) is 11.4 Å². The minimum atomic E-state index is -3.63. The van der Waals surface area contributed by atoms with Gasteiger partial charge in [0, 0.05) is 5.69 Å². The number of anilines is 1. The third-order valence-electron chi connectivity index (χ3n) is 2.19. The molecule has 0 aliphatic heterocycles. The molecule has 18 heavy (non-hydrogen) atoms. The Morgan fingerprint density at radius 1 is 1.39 bits per heavy atom. The zero-order chi connectivity index (χ0) is 13.2. The molecule has 0 aliphatic carbocycles. The molecule has 96 valence electrons. The second-order valence-electron chi connectivity index (χ2n) is 3.73.